The molecule has 0 aliphatic carbocycles. The average Bonchev–Trinajstić information content (AvgIpc) is 3.00. The lowest BCUT2D eigenvalue weighted by atomic mass is 9.78. The van der Waals surface area contributed by atoms with Crippen LogP contribution in [0.2, 0.25) is 0 Å². The first-order chi connectivity index (χ1) is 10.4. The monoisotopic (exact) mass is 337 g/mol. The van der Waals surface area contributed by atoms with Crippen molar-refractivity contribution in [3.63, 3.8) is 0 Å². The van der Waals surface area contributed by atoms with Crippen molar-refractivity contribution < 1.29 is 19.1 Å². The highest BCUT2D eigenvalue weighted by Gasteiger charge is 2.55. The van der Waals surface area contributed by atoms with Gasteiger partial charge in [-0.25, -0.2) is 4.79 Å². The van der Waals surface area contributed by atoms with E-state index in [1.807, 2.05) is 0 Å². The van der Waals surface area contributed by atoms with Gasteiger partial charge in [0.15, 0.2) is 22.4 Å². The van der Waals surface area contributed by atoms with Gasteiger partial charge in [-0.15, -0.1) is 11.3 Å². The van der Waals surface area contributed by atoms with Crippen LogP contribution in [0.4, 0.5) is 0 Å². The summed E-state index contributed by atoms with van der Waals surface area (Å²) >= 11 is 6.09. The van der Waals surface area contributed by atoms with Gasteiger partial charge >= 0.3 is 5.97 Å². The minimum Gasteiger partial charge on any atom is -0.467 e. The number of ketones is 1. The summed E-state index contributed by atoms with van der Waals surface area (Å²) < 4.78 is 4.70. The molecule has 1 aromatic rings. The van der Waals surface area contributed by atoms with Crippen LogP contribution in [0.15, 0.2) is 17.5 Å². The van der Waals surface area contributed by atoms with E-state index < -0.39 is 29.8 Å². The third-order valence-corrected chi connectivity index (χ3v) is 4.36. The van der Waals surface area contributed by atoms with Crippen LogP contribution in [0.5, 0.6) is 0 Å². The van der Waals surface area contributed by atoms with Gasteiger partial charge < -0.3 is 15.4 Å². The summed E-state index contributed by atoms with van der Waals surface area (Å²) in [6.07, 6.45) is -0.411. The lowest BCUT2D eigenvalue weighted by molar-refractivity contribution is -0.152. The van der Waals surface area contributed by atoms with Crippen molar-refractivity contribution >= 4 is 46.3 Å². The molecule has 0 spiro atoms. The van der Waals surface area contributed by atoms with E-state index in [1.54, 1.807) is 23.6 Å². The van der Waals surface area contributed by atoms with Crippen LogP contribution in [0.3, 0.4) is 0 Å². The lowest BCUT2D eigenvalue weighted by Gasteiger charge is -2.38. The molecule has 1 fully saturated rings. The number of carbonyl (C=O) groups is 3. The second-order valence-corrected chi connectivity index (χ2v) is 5.90. The molecule has 7 nitrogen and oxygen atoms in total. The minimum absolute atomic E-state index is 0.124. The normalized spacial score (nSPS) is 23.9. The summed E-state index contributed by atoms with van der Waals surface area (Å²) in [5, 5.41) is 15.7. The van der Waals surface area contributed by atoms with Crippen molar-refractivity contribution in [3.8, 4) is 6.07 Å². The minimum atomic E-state index is -1.83. The van der Waals surface area contributed by atoms with Gasteiger partial charge in [-0.2, -0.15) is 5.26 Å². The Hall–Kier alpha value is -2.31. The highest BCUT2D eigenvalue weighted by molar-refractivity contribution is 7.80. The van der Waals surface area contributed by atoms with Crippen LogP contribution in [0.25, 0.3) is 0 Å². The number of nitrogens with zero attached hydrogens (tertiary/aromatic N) is 1. The van der Waals surface area contributed by atoms with Crippen LogP contribution in [-0.2, 0) is 14.3 Å². The SMILES string of the molecule is COC(=O)[C@]1(CC(=O)c2cccs2)NC(=S)NC(=O)[C@H]1C#N. The van der Waals surface area contributed by atoms with Crippen molar-refractivity contribution in [2.24, 2.45) is 5.92 Å². The molecule has 2 N–H and O–H groups in total. The molecule has 2 heterocycles. The summed E-state index contributed by atoms with van der Waals surface area (Å²) in [5.74, 6) is -3.45. The van der Waals surface area contributed by atoms with Gasteiger partial charge in [-0.1, -0.05) is 6.07 Å². The van der Waals surface area contributed by atoms with Gasteiger partial charge in [0.25, 0.3) is 0 Å². The Bertz CT molecular complexity index is 680. The third kappa shape index (κ3) is 2.70. The van der Waals surface area contributed by atoms with E-state index in [4.69, 9.17) is 17.0 Å². The molecule has 22 heavy (non-hydrogen) atoms. The molecular weight excluding hydrogens is 326 g/mol. The molecule has 0 bridgehead atoms. The van der Waals surface area contributed by atoms with Crippen molar-refractivity contribution in [2.75, 3.05) is 7.11 Å². The van der Waals surface area contributed by atoms with Gasteiger partial charge in [-0.05, 0) is 23.7 Å². The van der Waals surface area contributed by atoms with E-state index in [0.29, 0.717) is 4.88 Å². The molecular formula is C13H11N3O4S2. The van der Waals surface area contributed by atoms with Crippen LogP contribution in [-0.4, -0.2) is 35.4 Å². The number of ether oxygens (including phenoxy) is 1. The number of thiophene rings is 1. The molecule has 0 aromatic carbocycles. The van der Waals surface area contributed by atoms with Gasteiger partial charge in [0, 0.05) is 6.42 Å². The van der Waals surface area contributed by atoms with Crippen molar-refractivity contribution in [1.29, 1.82) is 5.26 Å². The molecule has 9 heteroatoms. The number of rotatable bonds is 4. The first-order valence-corrected chi connectivity index (χ1v) is 7.41. The van der Waals surface area contributed by atoms with Crippen LogP contribution >= 0.6 is 23.6 Å². The topological polar surface area (TPSA) is 108 Å². The molecule has 2 rings (SSSR count). The predicted octanol–water partition coefficient (Wildman–Crippen LogP) is 0.377. The number of hydrogen-bond acceptors (Lipinski definition) is 7. The zero-order chi connectivity index (χ0) is 16.3. The van der Waals surface area contributed by atoms with Gasteiger partial charge in [0.2, 0.25) is 5.91 Å². The smallest absolute Gasteiger partial charge is 0.334 e. The standard InChI is InChI=1S/C13H11N3O4S2/c1-20-11(19)13(5-8(17)9-3-2-4-22-9)7(6-14)10(18)15-12(21)16-13/h2-4,7H,5H2,1H3,(H2,15,16,18,21)/t7-,13-/m1/s1. The van der Waals surface area contributed by atoms with E-state index in [2.05, 4.69) is 10.6 Å². The Labute approximate surface area is 135 Å². The highest BCUT2D eigenvalue weighted by Crippen LogP contribution is 2.29. The molecule has 1 amide bonds. The molecule has 114 valence electrons. The largest absolute Gasteiger partial charge is 0.467 e. The van der Waals surface area contributed by atoms with E-state index >= 15 is 0 Å². The first-order valence-electron chi connectivity index (χ1n) is 6.12. The van der Waals surface area contributed by atoms with Gasteiger partial charge in [0.05, 0.1) is 18.1 Å². The van der Waals surface area contributed by atoms with E-state index in [-0.39, 0.29) is 10.9 Å². The number of hydrogen-bond donors (Lipinski definition) is 2. The summed E-state index contributed by atoms with van der Waals surface area (Å²) in [5.41, 5.74) is -1.83. The van der Waals surface area contributed by atoms with E-state index in [9.17, 15) is 19.6 Å². The average molecular weight is 337 g/mol. The third-order valence-electron chi connectivity index (χ3n) is 3.24. The Morgan fingerprint density at radius 1 is 1.59 bits per heavy atom. The molecule has 0 unspecified atom stereocenters. The van der Waals surface area contributed by atoms with Crippen molar-refractivity contribution in [1.82, 2.24) is 10.6 Å². The fraction of sp³-hybridized carbons (Fsp3) is 0.308. The summed E-state index contributed by atoms with van der Waals surface area (Å²) in [6, 6.07) is 5.04. The molecule has 0 radical (unpaired) electrons. The van der Waals surface area contributed by atoms with E-state index in [0.717, 1.165) is 7.11 Å². The fourth-order valence-electron chi connectivity index (χ4n) is 2.23. The zero-order valence-corrected chi connectivity index (χ0v) is 13.0. The number of Topliss-reactive ketones (excluding diaryl/α,β-unsaturated/α-hetero) is 1. The Morgan fingerprint density at radius 2 is 2.32 bits per heavy atom. The molecule has 2 atom stereocenters. The molecule has 0 saturated carbocycles. The summed E-state index contributed by atoms with van der Waals surface area (Å²) in [6.45, 7) is 0. The van der Waals surface area contributed by atoms with Crippen LogP contribution < -0.4 is 10.6 Å². The van der Waals surface area contributed by atoms with Crippen LogP contribution in [0, 0.1) is 17.2 Å². The Morgan fingerprint density at radius 3 is 2.86 bits per heavy atom. The van der Waals surface area contributed by atoms with Crippen molar-refractivity contribution in [3.05, 3.63) is 22.4 Å². The van der Waals surface area contributed by atoms with Crippen LogP contribution in [0.1, 0.15) is 16.1 Å². The Kier molecular flexibility index (Phi) is 4.54. The number of amides is 1. The second kappa shape index (κ2) is 6.21. The number of nitrogens with one attached hydrogen (secondary N) is 2. The maximum absolute atomic E-state index is 12.4. The molecule has 1 aliphatic rings. The van der Waals surface area contributed by atoms with E-state index in [1.165, 1.54) is 11.3 Å². The molecule has 1 aliphatic heterocycles. The maximum Gasteiger partial charge on any atom is 0.334 e. The molecule has 1 aromatic heterocycles. The summed E-state index contributed by atoms with van der Waals surface area (Å²) in [7, 11) is 1.12. The van der Waals surface area contributed by atoms with Gasteiger partial charge in [-0.3, -0.25) is 9.59 Å². The van der Waals surface area contributed by atoms with Gasteiger partial charge in [0.1, 0.15) is 0 Å². The molecule has 1 saturated heterocycles. The van der Waals surface area contributed by atoms with Crippen molar-refractivity contribution in [2.45, 2.75) is 12.0 Å². The Balaban J connectivity index is 2.45. The number of thiocarbonyl (C=S) groups is 1. The zero-order valence-electron chi connectivity index (χ0n) is 11.4. The lowest BCUT2D eigenvalue weighted by Crippen LogP contribution is -2.70. The number of esters is 1. The maximum atomic E-state index is 12.4. The predicted molar refractivity (Wildman–Crippen MR) is 81.0 cm³/mol. The highest BCUT2D eigenvalue weighted by atomic mass is 32.1. The fourth-order valence-corrected chi connectivity index (χ4v) is 3.18. The summed E-state index contributed by atoms with van der Waals surface area (Å²) in [4.78, 5) is 37.0. The first kappa shape index (κ1) is 16.1. The quantitative estimate of drug-likeness (QED) is 0.464. The number of nitriles is 1. The number of carbonyl (C=O) groups excluding carboxylic acids is 3. The number of methoxy groups -OCH3 is 1. The second-order valence-electron chi connectivity index (χ2n) is 4.55.